The zero-order valence-electron chi connectivity index (χ0n) is 14.3. The summed E-state index contributed by atoms with van der Waals surface area (Å²) in [5.74, 6) is -0.631. The van der Waals surface area contributed by atoms with Gasteiger partial charge in [0.25, 0.3) is 11.8 Å². The molecular formula is C18H20N2O5S. The van der Waals surface area contributed by atoms with Gasteiger partial charge >= 0.3 is 5.97 Å². The Labute approximate surface area is 155 Å². The van der Waals surface area contributed by atoms with Crippen molar-refractivity contribution < 1.29 is 23.9 Å². The first kappa shape index (κ1) is 19.5. The Balaban J connectivity index is 1.58. The molecular weight excluding hydrogens is 356 g/mol. The molecule has 0 saturated carbocycles. The lowest BCUT2D eigenvalue weighted by Gasteiger charge is -2.08. The molecule has 0 aliphatic heterocycles. The molecule has 0 aliphatic carbocycles. The van der Waals surface area contributed by atoms with Crippen LogP contribution in [0.5, 0.6) is 5.75 Å². The smallest absolute Gasteiger partial charge is 0.325 e. The van der Waals surface area contributed by atoms with Crippen LogP contribution in [0, 0.1) is 0 Å². The molecule has 1 aromatic carbocycles. The number of benzene rings is 1. The van der Waals surface area contributed by atoms with Crippen LogP contribution >= 0.6 is 11.3 Å². The first-order valence-electron chi connectivity index (χ1n) is 7.95. The molecule has 1 aromatic heterocycles. The SMILES string of the molecule is COc1ccc(CCNC(=O)COC(=O)CNC(=O)c2cccs2)cc1. The van der Waals surface area contributed by atoms with Crippen molar-refractivity contribution in [2.24, 2.45) is 0 Å². The zero-order valence-corrected chi connectivity index (χ0v) is 15.1. The topological polar surface area (TPSA) is 93.7 Å². The Morgan fingerprint density at radius 2 is 1.85 bits per heavy atom. The van der Waals surface area contributed by atoms with E-state index in [1.54, 1.807) is 24.6 Å². The number of ether oxygens (including phenoxy) is 2. The lowest BCUT2D eigenvalue weighted by atomic mass is 10.1. The maximum absolute atomic E-state index is 11.7. The second-order valence-corrected chi connectivity index (χ2v) is 6.22. The number of esters is 1. The largest absolute Gasteiger partial charge is 0.497 e. The number of amides is 2. The number of carbonyl (C=O) groups is 3. The molecule has 2 N–H and O–H groups in total. The fourth-order valence-corrected chi connectivity index (χ4v) is 2.67. The van der Waals surface area contributed by atoms with E-state index in [1.807, 2.05) is 24.3 Å². The minimum atomic E-state index is -0.666. The molecule has 26 heavy (non-hydrogen) atoms. The van der Waals surface area contributed by atoms with Crippen LogP contribution in [0.1, 0.15) is 15.2 Å². The van der Waals surface area contributed by atoms with E-state index in [0.717, 1.165) is 11.3 Å². The van der Waals surface area contributed by atoms with E-state index < -0.39 is 11.9 Å². The van der Waals surface area contributed by atoms with Crippen molar-refractivity contribution in [3.8, 4) is 5.75 Å². The average molecular weight is 376 g/mol. The number of hydrogen-bond acceptors (Lipinski definition) is 6. The lowest BCUT2D eigenvalue weighted by Crippen LogP contribution is -2.34. The zero-order chi connectivity index (χ0) is 18.8. The lowest BCUT2D eigenvalue weighted by molar-refractivity contribution is -0.147. The van der Waals surface area contributed by atoms with E-state index in [1.165, 1.54) is 11.3 Å². The fourth-order valence-electron chi connectivity index (χ4n) is 2.03. The summed E-state index contributed by atoms with van der Waals surface area (Å²) < 4.78 is 9.90. The Morgan fingerprint density at radius 3 is 2.50 bits per heavy atom. The summed E-state index contributed by atoms with van der Waals surface area (Å²) in [6.45, 7) is -0.232. The first-order chi connectivity index (χ1) is 12.6. The summed E-state index contributed by atoms with van der Waals surface area (Å²) in [6, 6.07) is 10.9. The van der Waals surface area contributed by atoms with Crippen molar-refractivity contribution in [2.75, 3.05) is 26.8 Å². The van der Waals surface area contributed by atoms with Gasteiger partial charge in [-0.15, -0.1) is 11.3 Å². The fraction of sp³-hybridized carbons (Fsp3) is 0.278. The standard InChI is InChI=1S/C18H20N2O5S/c1-24-14-6-4-13(5-7-14)8-9-19-16(21)12-25-17(22)11-20-18(23)15-3-2-10-26-15/h2-7,10H,8-9,11-12H2,1H3,(H,19,21)(H,20,23). The van der Waals surface area contributed by atoms with Crippen LogP contribution in [0.2, 0.25) is 0 Å². The first-order valence-corrected chi connectivity index (χ1v) is 8.83. The Bertz CT molecular complexity index is 729. The molecule has 0 atom stereocenters. The van der Waals surface area contributed by atoms with Gasteiger partial charge in [-0.2, -0.15) is 0 Å². The van der Waals surface area contributed by atoms with Crippen molar-refractivity contribution >= 4 is 29.1 Å². The summed E-state index contributed by atoms with van der Waals surface area (Å²) >= 11 is 1.27. The molecule has 0 saturated heterocycles. The van der Waals surface area contributed by atoms with Gasteiger partial charge in [0.2, 0.25) is 0 Å². The number of methoxy groups -OCH3 is 1. The van der Waals surface area contributed by atoms with Gasteiger partial charge in [-0.05, 0) is 35.6 Å². The van der Waals surface area contributed by atoms with Crippen molar-refractivity contribution in [1.82, 2.24) is 10.6 Å². The number of carbonyl (C=O) groups excluding carboxylic acids is 3. The Kier molecular flexibility index (Phi) is 7.63. The summed E-state index contributed by atoms with van der Waals surface area (Å²) in [5, 5.41) is 6.87. The third kappa shape index (κ3) is 6.56. The van der Waals surface area contributed by atoms with Crippen molar-refractivity contribution in [1.29, 1.82) is 0 Å². The highest BCUT2D eigenvalue weighted by molar-refractivity contribution is 7.12. The number of rotatable bonds is 9. The van der Waals surface area contributed by atoms with Crippen molar-refractivity contribution in [2.45, 2.75) is 6.42 Å². The highest BCUT2D eigenvalue weighted by Crippen LogP contribution is 2.11. The van der Waals surface area contributed by atoms with Gasteiger partial charge in [0.05, 0.1) is 12.0 Å². The monoisotopic (exact) mass is 376 g/mol. The number of nitrogens with one attached hydrogen (secondary N) is 2. The predicted octanol–water partition coefficient (Wildman–Crippen LogP) is 1.39. The summed E-state index contributed by atoms with van der Waals surface area (Å²) in [4.78, 5) is 35.4. The van der Waals surface area contributed by atoms with Crippen LogP contribution in [0.4, 0.5) is 0 Å². The third-order valence-electron chi connectivity index (χ3n) is 3.40. The van der Waals surface area contributed by atoms with E-state index in [-0.39, 0.29) is 19.1 Å². The molecule has 2 amide bonds. The molecule has 0 spiro atoms. The second-order valence-electron chi connectivity index (χ2n) is 5.27. The number of hydrogen-bond donors (Lipinski definition) is 2. The van der Waals surface area contributed by atoms with Gasteiger partial charge in [-0.1, -0.05) is 18.2 Å². The highest BCUT2D eigenvalue weighted by atomic mass is 32.1. The summed E-state index contributed by atoms with van der Waals surface area (Å²) in [6.07, 6.45) is 0.653. The Morgan fingerprint density at radius 1 is 1.08 bits per heavy atom. The van der Waals surface area contributed by atoms with E-state index in [9.17, 15) is 14.4 Å². The van der Waals surface area contributed by atoms with Crippen LogP contribution < -0.4 is 15.4 Å². The van der Waals surface area contributed by atoms with Gasteiger partial charge in [0.15, 0.2) is 6.61 Å². The molecule has 138 valence electrons. The molecule has 0 unspecified atom stereocenters. The molecule has 1 heterocycles. The van der Waals surface area contributed by atoms with Crippen molar-refractivity contribution in [3.05, 3.63) is 52.2 Å². The van der Waals surface area contributed by atoms with Gasteiger partial charge in [-0.25, -0.2) is 0 Å². The quantitative estimate of drug-likeness (QED) is 0.645. The highest BCUT2D eigenvalue weighted by Gasteiger charge is 2.11. The maximum atomic E-state index is 11.7. The minimum Gasteiger partial charge on any atom is -0.497 e. The second kappa shape index (κ2) is 10.2. The Hall–Kier alpha value is -2.87. The van der Waals surface area contributed by atoms with Crippen LogP contribution in [-0.4, -0.2) is 44.6 Å². The van der Waals surface area contributed by atoms with E-state index in [4.69, 9.17) is 9.47 Å². The normalized spacial score (nSPS) is 10.0. The molecule has 2 aromatic rings. The minimum absolute atomic E-state index is 0.282. The summed E-state index contributed by atoms with van der Waals surface area (Å²) in [7, 11) is 1.60. The molecule has 2 rings (SSSR count). The van der Waals surface area contributed by atoms with Gasteiger partial charge < -0.3 is 20.1 Å². The van der Waals surface area contributed by atoms with Crippen LogP contribution in [0.25, 0.3) is 0 Å². The van der Waals surface area contributed by atoms with E-state index >= 15 is 0 Å². The van der Waals surface area contributed by atoms with E-state index in [0.29, 0.717) is 17.8 Å². The maximum Gasteiger partial charge on any atom is 0.325 e. The molecule has 0 bridgehead atoms. The molecule has 0 radical (unpaired) electrons. The van der Waals surface area contributed by atoms with Gasteiger partial charge in [0.1, 0.15) is 12.3 Å². The summed E-state index contributed by atoms with van der Waals surface area (Å²) in [5.41, 5.74) is 1.05. The predicted molar refractivity (Wildman–Crippen MR) is 97.3 cm³/mol. The molecule has 0 fully saturated rings. The van der Waals surface area contributed by atoms with Crippen LogP contribution in [0.15, 0.2) is 41.8 Å². The van der Waals surface area contributed by atoms with Gasteiger partial charge in [0, 0.05) is 6.54 Å². The molecule has 7 nitrogen and oxygen atoms in total. The van der Waals surface area contributed by atoms with Gasteiger partial charge in [-0.3, -0.25) is 14.4 Å². The van der Waals surface area contributed by atoms with Crippen molar-refractivity contribution in [3.63, 3.8) is 0 Å². The third-order valence-corrected chi connectivity index (χ3v) is 4.27. The van der Waals surface area contributed by atoms with E-state index in [2.05, 4.69) is 10.6 Å². The number of thiophene rings is 1. The molecule has 0 aliphatic rings. The van der Waals surface area contributed by atoms with Crippen LogP contribution in [-0.2, 0) is 20.7 Å². The van der Waals surface area contributed by atoms with Crippen LogP contribution in [0.3, 0.4) is 0 Å². The average Bonchev–Trinajstić information content (AvgIpc) is 3.20. The molecule has 8 heteroatoms.